The van der Waals surface area contributed by atoms with Crippen LogP contribution in [0.2, 0.25) is 0 Å². The fourth-order valence-corrected chi connectivity index (χ4v) is 2.34. The van der Waals surface area contributed by atoms with Crippen molar-refractivity contribution in [2.45, 2.75) is 45.1 Å². The summed E-state index contributed by atoms with van der Waals surface area (Å²) in [5.41, 5.74) is 1.75. The SMILES string of the molecule is CCc1ccc(NC(=O)C2(C)CCCCN2)cc1.Cl. The molecule has 3 nitrogen and oxygen atoms in total. The highest BCUT2D eigenvalue weighted by Gasteiger charge is 2.34. The predicted molar refractivity (Wildman–Crippen MR) is 82.0 cm³/mol. The summed E-state index contributed by atoms with van der Waals surface area (Å²) in [4.78, 5) is 12.3. The second kappa shape index (κ2) is 6.92. The topological polar surface area (TPSA) is 41.1 Å². The molecule has 1 aromatic rings. The molecule has 1 fully saturated rings. The van der Waals surface area contributed by atoms with Gasteiger partial charge in [-0.25, -0.2) is 0 Å². The van der Waals surface area contributed by atoms with Gasteiger partial charge in [-0.1, -0.05) is 19.1 Å². The van der Waals surface area contributed by atoms with Crippen molar-refractivity contribution in [3.63, 3.8) is 0 Å². The number of aryl methyl sites for hydroxylation is 1. The average molecular weight is 283 g/mol. The fraction of sp³-hybridized carbons (Fsp3) is 0.533. The summed E-state index contributed by atoms with van der Waals surface area (Å²) >= 11 is 0. The largest absolute Gasteiger partial charge is 0.324 e. The minimum absolute atomic E-state index is 0. The molecule has 0 spiro atoms. The van der Waals surface area contributed by atoms with E-state index in [1.165, 1.54) is 5.56 Å². The Morgan fingerprint density at radius 1 is 1.32 bits per heavy atom. The Labute approximate surface area is 121 Å². The van der Waals surface area contributed by atoms with Crippen molar-refractivity contribution in [3.8, 4) is 0 Å². The monoisotopic (exact) mass is 282 g/mol. The number of hydrogen-bond donors (Lipinski definition) is 2. The second-order valence-electron chi connectivity index (χ2n) is 5.22. The van der Waals surface area contributed by atoms with Crippen molar-refractivity contribution >= 4 is 24.0 Å². The maximum Gasteiger partial charge on any atom is 0.244 e. The number of carbonyl (C=O) groups excluding carboxylic acids is 1. The van der Waals surface area contributed by atoms with E-state index in [0.29, 0.717) is 0 Å². The van der Waals surface area contributed by atoms with E-state index in [1.807, 2.05) is 19.1 Å². The van der Waals surface area contributed by atoms with Crippen molar-refractivity contribution in [2.24, 2.45) is 0 Å². The standard InChI is InChI=1S/C15H22N2O.ClH/c1-3-12-6-8-13(9-7-12)17-14(18)15(2)10-4-5-11-16-15;/h6-9,16H,3-5,10-11H2,1-2H3,(H,17,18);1H. The van der Waals surface area contributed by atoms with Crippen LogP contribution in [0.4, 0.5) is 5.69 Å². The van der Waals surface area contributed by atoms with Gasteiger partial charge < -0.3 is 10.6 Å². The van der Waals surface area contributed by atoms with Crippen molar-refractivity contribution < 1.29 is 4.79 Å². The highest BCUT2D eigenvalue weighted by atomic mass is 35.5. The minimum atomic E-state index is -0.415. The number of rotatable bonds is 3. The molecule has 1 saturated heterocycles. The molecule has 0 bridgehead atoms. The summed E-state index contributed by atoms with van der Waals surface area (Å²) in [6, 6.07) is 8.07. The fourth-order valence-electron chi connectivity index (χ4n) is 2.34. The van der Waals surface area contributed by atoms with Crippen molar-refractivity contribution in [3.05, 3.63) is 29.8 Å². The molecule has 1 heterocycles. The van der Waals surface area contributed by atoms with Crippen LogP contribution < -0.4 is 10.6 Å². The van der Waals surface area contributed by atoms with Crippen LogP contribution in [0, 0.1) is 0 Å². The van der Waals surface area contributed by atoms with Crippen LogP contribution >= 0.6 is 12.4 Å². The van der Waals surface area contributed by atoms with Crippen LogP contribution in [0.5, 0.6) is 0 Å². The molecule has 4 heteroatoms. The lowest BCUT2D eigenvalue weighted by atomic mass is 9.90. The molecule has 19 heavy (non-hydrogen) atoms. The summed E-state index contributed by atoms with van der Waals surface area (Å²) in [7, 11) is 0. The first kappa shape index (κ1) is 16.0. The summed E-state index contributed by atoms with van der Waals surface area (Å²) in [5, 5.41) is 6.33. The average Bonchev–Trinajstić information content (AvgIpc) is 2.40. The lowest BCUT2D eigenvalue weighted by Crippen LogP contribution is -2.54. The molecule has 0 saturated carbocycles. The molecule has 2 N–H and O–H groups in total. The molecule has 1 aliphatic heterocycles. The summed E-state index contributed by atoms with van der Waals surface area (Å²) in [6.07, 6.45) is 4.21. The Balaban J connectivity index is 0.00000180. The third-order valence-corrected chi connectivity index (χ3v) is 3.74. The first-order valence-corrected chi connectivity index (χ1v) is 6.79. The Morgan fingerprint density at radius 3 is 2.53 bits per heavy atom. The van der Waals surface area contributed by atoms with Gasteiger partial charge in [0.15, 0.2) is 0 Å². The summed E-state index contributed by atoms with van der Waals surface area (Å²) in [6.45, 7) is 5.04. The maximum atomic E-state index is 12.3. The van der Waals surface area contributed by atoms with Gasteiger partial charge in [0.2, 0.25) is 5.91 Å². The zero-order valence-electron chi connectivity index (χ0n) is 11.7. The third kappa shape index (κ3) is 3.95. The van der Waals surface area contributed by atoms with Crippen LogP contribution in [0.3, 0.4) is 0 Å². The number of anilines is 1. The van der Waals surface area contributed by atoms with Gasteiger partial charge in [0.1, 0.15) is 0 Å². The zero-order valence-corrected chi connectivity index (χ0v) is 12.5. The van der Waals surface area contributed by atoms with Crippen LogP contribution in [0.1, 0.15) is 38.7 Å². The van der Waals surface area contributed by atoms with E-state index in [-0.39, 0.29) is 18.3 Å². The van der Waals surface area contributed by atoms with Crippen LogP contribution in [0.15, 0.2) is 24.3 Å². The molecule has 1 aliphatic rings. The predicted octanol–water partition coefficient (Wildman–Crippen LogP) is 3.14. The van der Waals surface area contributed by atoms with Crippen molar-refractivity contribution in [2.75, 3.05) is 11.9 Å². The van der Waals surface area contributed by atoms with Crippen LogP contribution in [-0.2, 0) is 11.2 Å². The number of benzene rings is 1. The van der Waals surface area contributed by atoms with Crippen LogP contribution in [-0.4, -0.2) is 18.0 Å². The van der Waals surface area contributed by atoms with Gasteiger partial charge in [-0.3, -0.25) is 4.79 Å². The number of amides is 1. The van der Waals surface area contributed by atoms with E-state index in [4.69, 9.17) is 0 Å². The highest BCUT2D eigenvalue weighted by molar-refractivity contribution is 5.97. The van der Waals surface area contributed by atoms with Gasteiger partial charge in [0.25, 0.3) is 0 Å². The number of nitrogens with one attached hydrogen (secondary N) is 2. The van der Waals surface area contributed by atoms with Gasteiger partial charge in [0.05, 0.1) is 5.54 Å². The van der Waals surface area contributed by atoms with E-state index < -0.39 is 5.54 Å². The first-order valence-electron chi connectivity index (χ1n) is 6.79. The zero-order chi connectivity index (χ0) is 13.0. The normalized spacial score (nSPS) is 22.4. The Kier molecular flexibility index (Phi) is 5.83. The molecule has 2 rings (SSSR count). The number of carbonyl (C=O) groups is 1. The van der Waals surface area contributed by atoms with E-state index in [0.717, 1.165) is 37.9 Å². The third-order valence-electron chi connectivity index (χ3n) is 3.74. The van der Waals surface area contributed by atoms with E-state index in [9.17, 15) is 4.79 Å². The molecule has 0 aliphatic carbocycles. The van der Waals surface area contributed by atoms with Gasteiger partial charge in [0, 0.05) is 5.69 Å². The van der Waals surface area contributed by atoms with Gasteiger partial charge >= 0.3 is 0 Å². The van der Waals surface area contributed by atoms with Crippen LogP contribution in [0.25, 0.3) is 0 Å². The molecule has 1 amide bonds. The van der Waals surface area contributed by atoms with Crippen molar-refractivity contribution in [1.29, 1.82) is 0 Å². The molecular weight excluding hydrogens is 260 g/mol. The quantitative estimate of drug-likeness (QED) is 0.894. The Bertz CT molecular complexity index is 411. The molecule has 106 valence electrons. The second-order valence-corrected chi connectivity index (χ2v) is 5.22. The lowest BCUT2D eigenvalue weighted by molar-refractivity contribution is -0.122. The Hall–Kier alpha value is -1.06. The number of halogens is 1. The highest BCUT2D eigenvalue weighted by Crippen LogP contribution is 2.21. The van der Waals surface area contributed by atoms with Gasteiger partial charge in [-0.05, 0) is 56.8 Å². The van der Waals surface area contributed by atoms with Gasteiger partial charge in [-0.15, -0.1) is 12.4 Å². The Morgan fingerprint density at radius 2 is 2.00 bits per heavy atom. The van der Waals surface area contributed by atoms with E-state index >= 15 is 0 Å². The number of piperidine rings is 1. The maximum absolute atomic E-state index is 12.3. The van der Waals surface area contributed by atoms with E-state index in [1.54, 1.807) is 0 Å². The summed E-state index contributed by atoms with van der Waals surface area (Å²) in [5.74, 6) is 0.0754. The molecule has 1 aromatic carbocycles. The molecule has 0 aromatic heterocycles. The van der Waals surface area contributed by atoms with Crippen molar-refractivity contribution in [1.82, 2.24) is 5.32 Å². The smallest absolute Gasteiger partial charge is 0.244 e. The van der Waals surface area contributed by atoms with Gasteiger partial charge in [-0.2, -0.15) is 0 Å². The minimum Gasteiger partial charge on any atom is -0.324 e. The molecule has 0 radical (unpaired) electrons. The number of hydrogen-bond acceptors (Lipinski definition) is 2. The summed E-state index contributed by atoms with van der Waals surface area (Å²) < 4.78 is 0. The molecular formula is C15H23ClN2O. The first-order chi connectivity index (χ1) is 8.64. The lowest BCUT2D eigenvalue weighted by Gasteiger charge is -2.33. The molecule has 1 atom stereocenters. The van der Waals surface area contributed by atoms with E-state index in [2.05, 4.69) is 29.7 Å². The molecule has 1 unspecified atom stereocenters.